The largest absolute Gasteiger partial charge is 0.452 e. The van der Waals surface area contributed by atoms with Crippen LogP contribution in [0.1, 0.15) is 5.76 Å². The molecular formula is C15H11Br2NO4. The van der Waals surface area contributed by atoms with Crippen molar-refractivity contribution >= 4 is 55.5 Å². The van der Waals surface area contributed by atoms with Crippen molar-refractivity contribution in [3.05, 3.63) is 57.4 Å². The summed E-state index contributed by atoms with van der Waals surface area (Å²) in [5.74, 6) is -0.550. The molecule has 0 aliphatic carbocycles. The first-order valence-electron chi connectivity index (χ1n) is 6.19. The van der Waals surface area contributed by atoms with Crippen LogP contribution in [0.25, 0.3) is 6.08 Å². The number of anilines is 1. The van der Waals surface area contributed by atoms with Gasteiger partial charge >= 0.3 is 5.97 Å². The van der Waals surface area contributed by atoms with Gasteiger partial charge in [-0.15, -0.1) is 0 Å². The Labute approximate surface area is 143 Å². The van der Waals surface area contributed by atoms with Gasteiger partial charge in [0.2, 0.25) is 0 Å². The zero-order chi connectivity index (χ0) is 15.9. The molecule has 2 rings (SSSR count). The Morgan fingerprint density at radius 3 is 2.64 bits per heavy atom. The van der Waals surface area contributed by atoms with Crippen LogP contribution in [0.5, 0.6) is 0 Å². The van der Waals surface area contributed by atoms with Crippen LogP contribution in [0.15, 0.2) is 56.0 Å². The summed E-state index contributed by atoms with van der Waals surface area (Å²) in [5.41, 5.74) is 0.611. The van der Waals surface area contributed by atoms with Crippen LogP contribution in [0.3, 0.4) is 0 Å². The summed E-state index contributed by atoms with van der Waals surface area (Å²) < 4.78 is 11.3. The first-order valence-corrected chi connectivity index (χ1v) is 7.78. The van der Waals surface area contributed by atoms with Gasteiger partial charge in [0.05, 0.1) is 5.69 Å². The Kier molecular flexibility index (Phi) is 5.97. The molecule has 0 atom stereocenters. The van der Waals surface area contributed by atoms with Crippen LogP contribution >= 0.6 is 31.9 Å². The number of esters is 1. The zero-order valence-corrected chi connectivity index (χ0v) is 14.4. The molecule has 0 aliphatic heterocycles. The molecule has 2 aromatic rings. The van der Waals surface area contributed by atoms with E-state index in [0.29, 0.717) is 16.1 Å². The lowest BCUT2D eigenvalue weighted by Crippen LogP contribution is -2.20. The quantitative estimate of drug-likeness (QED) is 0.577. The Morgan fingerprint density at radius 1 is 1.18 bits per heavy atom. The number of amides is 1. The topological polar surface area (TPSA) is 68.5 Å². The smallest absolute Gasteiger partial charge is 0.331 e. The number of rotatable bonds is 5. The van der Waals surface area contributed by atoms with Gasteiger partial charge in [-0.25, -0.2) is 4.79 Å². The maximum absolute atomic E-state index is 11.7. The van der Waals surface area contributed by atoms with Crippen LogP contribution in [-0.4, -0.2) is 18.5 Å². The first kappa shape index (κ1) is 16.5. The van der Waals surface area contributed by atoms with Crippen LogP contribution in [0.4, 0.5) is 5.69 Å². The monoisotopic (exact) mass is 427 g/mol. The van der Waals surface area contributed by atoms with Crippen molar-refractivity contribution in [3.63, 3.8) is 0 Å². The molecule has 0 bridgehead atoms. The molecule has 5 nitrogen and oxygen atoms in total. The fourth-order valence-corrected chi connectivity index (χ4v) is 2.20. The van der Waals surface area contributed by atoms with Gasteiger partial charge in [-0.1, -0.05) is 12.1 Å². The number of ether oxygens (including phenoxy) is 1. The normalized spacial score (nSPS) is 10.6. The molecule has 1 amide bonds. The number of hydrogen-bond acceptors (Lipinski definition) is 4. The number of carbonyl (C=O) groups is 2. The molecule has 0 saturated heterocycles. The van der Waals surface area contributed by atoms with Gasteiger partial charge in [0.1, 0.15) is 5.76 Å². The molecule has 0 radical (unpaired) electrons. The van der Waals surface area contributed by atoms with E-state index in [0.717, 1.165) is 4.47 Å². The molecule has 1 heterocycles. The van der Waals surface area contributed by atoms with E-state index >= 15 is 0 Å². The number of para-hydroxylation sites is 1. The minimum absolute atomic E-state index is 0.369. The number of halogens is 2. The molecule has 0 unspecified atom stereocenters. The van der Waals surface area contributed by atoms with Crippen molar-refractivity contribution in [1.29, 1.82) is 0 Å². The highest BCUT2D eigenvalue weighted by Gasteiger charge is 2.07. The number of furan rings is 1. The Hall–Kier alpha value is -1.86. The molecule has 1 aromatic carbocycles. The van der Waals surface area contributed by atoms with E-state index in [1.807, 2.05) is 6.07 Å². The third kappa shape index (κ3) is 5.16. The second-order valence-electron chi connectivity index (χ2n) is 4.11. The number of hydrogen-bond donors (Lipinski definition) is 1. The van der Waals surface area contributed by atoms with Crippen molar-refractivity contribution in [2.45, 2.75) is 0 Å². The van der Waals surface area contributed by atoms with Gasteiger partial charge in [0.15, 0.2) is 11.3 Å². The molecule has 0 spiro atoms. The van der Waals surface area contributed by atoms with Crippen LogP contribution in [0.2, 0.25) is 0 Å². The second kappa shape index (κ2) is 7.95. The van der Waals surface area contributed by atoms with E-state index in [4.69, 9.17) is 9.15 Å². The maximum atomic E-state index is 11.7. The summed E-state index contributed by atoms with van der Waals surface area (Å²) in [6.07, 6.45) is 2.65. The maximum Gasteiger partial charge on any atom is 0.331 e. The molecule has 1 aromatic heterocycles. The standard InChI is InChI=1S/C15H11Br2NO4/c16-11-3-1-2-4-12(11)18-14(19)9-21-15(20)8-6-10-5-7-13(17)22-10/h1-8H,9H2,(H,18,19). The fourth-order valence-electron chi connectivity index (χ4n) is 1.50. The van der Waals surface area contributed by atoms with E-state index in [9.17, 15) is 9.59 Å². The van der Waals surface area contributed by atoms with E-state index in [-0.39, 0.29) is 6.61 Å². The van der Waals surface area contributed by atoms with Crippen LogP contribution in [-0.2, 0) is 14.3 Å². The lowest BCUT2D eigenvalue weighted by atomic mass is 10.3. The minimum Gasteiger partial charge on any atom is -0.452 e. The highest BCUT2D eigenvalue weighted by Crippen LogP contribution is 2.20. The van der Waals surface area contributed by atoms with Gasteiger partial charge in [0, 0.05) is 10.5 Å². The second-order valence-corrected chi connectivity index (χ2v) is 5.75. The molecule has 0 saturated carbocycles. The van der Waals surface area contributed by atoms with E-state index < -0.39 is 11.9 Å². The highest BCUT2D eigenvalue weighted by molar-refractivity contribution is 9.10. The van der Waals surface area contributed by atoms with Crippen molar-refractivity contribution < 1.29 is 18.7 Å². The fraction of sp³-hybridized carbons (Fsp3) is 0.0667. The predicted octanol–water partition coefficient (Wildman–Crippen LogP) is 4.00. The molecule has 7 heteroatoms. The third-order valence-electron chi connectivity index (χ3n) is 2.47. The average molecular weight is 429 g/mol. The number of benzene rings is 1. The van der Waals surface area contributed by atoms with Crippen LogP contribution < -0.4 is 5.32 Å². The molecule has 0 fully saturated rings. The van der Waals surface area contributed by atoms with Gasteiger partial charge in [0.25, 0.3) is 5.91 Å². The molecule has 22 heavy (non-hydrogen) atoms. The van der Waals surface area contributed by atoms with Gasteiger partial charge in [-0.05, 0) is 62.2 Å². The molecular weight excluding hydrogens is 418 g/mol. The van der Waals surface area contributed by atoms with Gasteiger partial charge in [-0.2, -0.15) is 0 Å². The Balaban J connectivity index is 1.80. The summed E-state index contributed by atoms with van der Waals surface area (Å²) in [6.45, 7) is -0.369. The molecule has 114 valence electrons. The molecule has 1 N–H and O–H groups in total. The third-order valence-corrected chi connectivity index (χ3v) is 3.59. The van der Waals surface area contributed by atoms with Crippen molar-refractivity contribution in [2.75, 3.05) is 11.9 Å². The summed E-state index contributed by atoms with van der Waals surface area (Å²) in [5, 5.41) is 2.63. The van der Waals surface area contributed by atoms with Gasteiger partial charge in [-0.3, -0.25) is 4.79 Å². The van der Waals surface area contributed by atoms with Crippen molar-refractivity contribution in [1.82, 2.24) is 0 Å². The lowest BCUT2D eigenvalue weighted by Gasteiger charge is -2.06. The Bertz CT molecular complexity index is 709. The van der Waals surface area contributed by atoms with Crippen LogP contribution in [0, 0.1) is 0 Å². The van der Waals surface area contributed by atoms with Crippen molar-refractivity contribution in [3.8, 4) is 0 Å². The first-order chi connectivity index (χ1) is 10.5. The lowest BCUT2D eigenvalue weighted by molar-refractivity contribution is -0.142. The van der Waals surface area contributed by atoms with E-state index in [1.165, 1.54) is 12.2 Å². The predicted molar refractivity (Wildman–Crippen MR) is 89.2 cm³/mol. The summed E-state index contributed by atoms with van der Waals surface area (Å²) in [6, 6.07) is 10.5. The SMILES string of the molecule is O=C(COC(=O)C=Cc1ccc(Br)o1)Nc1ccccc1Br. The highest BCUT2D eigenvalue weighted by atomic mass is 79.9. The number of nitrogens with one attached hydrogen (secondary N) is 1. The minimum atomic E-state index is -0.630. The van der Waals surface area contributed by atoms with Gasteiger partial charge < -0.3 is 14.5 Å². The average Bonchev–Trinajstić information content (AvgIpc) is 2.91. The summed E-state index contributed by atoms with van der Waals surface area (Å²) in [7, 11) is 0. The molecule has 0 aliphatic rings. The Morgan fingerprint density at radius 2 is 1.95 bits per heavy atom. The van der Waals surface area contributed by atoms with E-state index in [2.05, 4.69) is 37.2 Å². The van der Waals surface area contributed by atoms with Crippen molar-refractivity contribution in [2.24, 2.45) is 0 Å². The zero-order valence-electron chi connectivity index (χ0n) is 11.2. The number of carbonyl (C=O) groups excluding carboxylic acids is 2. The summed E-state index contributed by atoms with van der Waals surface area (Å²) >= 11 is 6.46. The van der Waals surface area contributed by atoms with E-state index in [1.54, 1.807) is 30.3 Å². The summed E-state index contributed by atoms with van der Waals surface area (Å²) in [4.78, 5) is 23.2.